The Bertz CT molecular complexity index is 840. The molecule has 0 fully saturated rings. The first-order chi connectivity index (χ1) is 11.9. The van der Waals surface area contributed by atoms with Crippen molar-refractivity contribution in [2.45, 2.75) is 11.4 Å². The Hall–Kier alpha value is -1.37. The maximum absolute atomic E-state index is 12.2. The van der Waals surface area contributed by atoms with Crippen molar-refractivity contribution in [1.29, 1.82) is 0 Å². The zero-order valence-corrected chi connectivity index (χ0v) is 18.3. The monoisotopic (exact) mass is 512 g/mol. The fourth-order valence-corrected chi connectivity index (χ4v) is 3.39. The molecule has 0 atom stereocenters. The number of hydrogen-bond donors (Lipinski definition) is 3. The van der Waals surface area contributed by atoms with Crippen LogP contribution in [0.1, 0.15) is 5.69 Å². The molecule has 144 valence electrons. The molecule has 3 N–H and O–H groups in total. The fourth-order valence-electron chi connectivity index (χ4n) is 2.05. The first-order valence-corrected chi connectivity index (χ1v) is 9.45. The lowest BCUT2D eigenvalue weighted by atomic mass is 10.4. The van der Waals surface area contributed by atoms with Gasteiger partial charge in [0.15, 0.2) is 5.96 Å². The fraction of sp³-hybridized carbons (Fsp3) is 0.333. The smallest absolute Gasteiger partial charge is 0.240 e. The number of halogens is 2. The molecule has 0 saturated carbocycles. The quantitative estimate of drug-likeness (QED) is 0.225. The first kappa shape index (κ1) is 22.7. The molecule has 8 nitrogen and oxygen atoms in total. The zero-order valence-electron chi connectivity index (χ0n) is 14.4. The molecule has 2 rings (SSSR count). The second-order valence-corrected chi connectivity index (χ2v) is 7.36. The number of nitrogens with zero attached hydrogens (tertiary/aromatic N) is 3. The highest BCUT2D eigenvalue weighted by molar-refractivity contribution is 14.0. The van der Waals surface area contributed by atoms with Gasteiger partial charge in [-0.15, -0.1) is 24.0 Å². The topological polar surface area (TPSA) is 100 Å². The van der Waals surface area contributed by atoms with Crippen molar-refractivity contribution >= 4 is 51.6 Å². The molecule has 11 heteroatoms. The number of hydrogen-bond acceptors (Lipinski definition) is 4. The van der Waals surface area contributed by atoms with Crippen LogP contribution in [0, 0.1) is 0 Å². The van der Waals surface area contributed by atoms with E-state index in [0.717, 1.165) is 5.69 Å². The minimum atomic E-state index is -3.59. The summed E-state index contributed by atoms with van der Waals surface area (Å²) in [5, 5.41) is 10.6. The van der Waals surface area contributed by atoms with E-state index in [1.54, 1.807) is 30.1 Å². The highest BCUT2D eigenvalue weighted by Crippen LogP contribution is 2.14. The molecule has 0 saturated heterocycles. The maximum Gasteiger partial charge on any atom is 0.240 e. The summed E-state index contributed by atoms with van der Waals surface area (Å²) in [5.74, 6) is 0.572. The van der Waals surface area contributed by atoms with Gasteiger partial charge in [0.25, 0.3) is 0 Å². The molecule has 0 amide bonds. The summed E-state index contributed by atoms with van der Waals surface area (Å²) in [6.45, 7) is 1.15. The third-order valence-corrected chi connectivity index (χ3v) is 5.09. The van der Waals surface area contributed by atoms with Crippen LogP contribution in [0.2, 0.25) is 5.02 Å². The highest BCUT2D eigenvalue weighted by atomic mass is 127. The standard InChI is InChI=1S/C15H21ClN6O2S.HI/c1-17-15(19-11-13-6-7-20-22(13)2)18-8-9-21-25(23,24)14-5-3-4-12(16)10-14;/h3-7,10,21H,8-9,11H2,1-2H3,(H2,17,18,19);1H. The van der Waals surface area contributed by atoms with Crippen molar-refractivity contribution in [3.05, 3.63) is 47.2 Å². The molecule has 1 aromatic carbocycles. The number of sulfonamides is 1. The second-order valence-electron chi connectivity index (χ2n) is 5.15. The average Bonchev–Trinajstić information content (AvgIpc) is 2.99. The predicted octanol–water partition coefficient (Wildman–Crippen LogP) is 1.33. The molecule has 0 radical (unpaired) electrons. The molecule has 0 aliphatic carbocycles. The van der Waals surface area contributed by atoms with E-state index < -0.39 is 10.0 Å². The van der Waals surface area contributed by atoms with E-state index in [4.69, 9.17) is 11.6 Å². The van der Waals surface area contributed by atoms with E-state index in [9.17, 15) is 8.42 Å². The Morgan fingerprint density at radius 3 is 2.65 bits per heavy atom. The van der Waals surface area contributed by atoms with Crippen molar-refractivity contribution < 1.29 is 8.42 Å². The summed E-state index contributed by atoms with van der Waals surface area (Å²) >= 11 is 5.83. The van der Waals surface area contributed by atoms with Crippen LogP contribution in [-0.4, -0.2) is 44.3 Å². The Labute approximate surface area is 175 Å². The van der Waals surface area contributed by atoms with Gasteiger partial charge in [-0.3, -0.25) is 9.67 Å². The van der Waals surface area contributed by atoms with Crippen LogP contribution in [0.4, 0.5) is 0 Å². The van der Waals surface area contributed by atoms with Crippen molar-refractivity contribution in [1.82, 2.24) is 25.1 Å². The summed E-state index contributed by atoms with van der Waals surface area (Å²) in [6, 6.07) is 8.03. The van der Waals surface area contributed by atoms with Gasteiger partial charge >= 0.3 is 0 Å². The Kier molecular flexibility index (Phi) is 9.33. The zero-order chi connectivity index (χ0) is 18.3. The SMILES string of the molecule is CN=C(NCCNS(=O)(=O)c1cccc(Cl)c1)NCc1ccnn1C.I. The summed E-state index contributed by atoms with van der Waals surface area (Å²) in [5.41, 5.74) is 1.00. The van der Waals surface area contributed by atoms with E-state index in [0.29, 0.717) is 24.1 Å². The third kappa shape index (κ3) is 6.74. The lowest BCUT2D eigenvalue weighted by molar-refractivity contribution is 0.580. The van der Waals surface area contributed by atoms with Crippen molar-refractivity contribution in [2.75, 3.05) is 20.1 Å². The van der Waals surface area contributed by atoms with Crippen molar-refractivity contribution in [2.24, 2.45) is 12.0 Å². The number of benzene rings is 1. The van der Waals surface area contributed by atoms with E-state index in [1.165, 1.54) is 12.1 Å². The molecule has 0 unspecified atom stereocenters. The van der Waals surface area contributed by atoms with Gasteiger partial charge in [0.2, 0.25) is 10.0 Å². The number of nitrogens with one attached hydrogen (secondary N) is 3. The average molecular weight is 513 g/mol. The van der Waals surface area contributed by atoms with E-state index in [2.05, 4.69) is 25.4 Å². The largest absolute Gasteiger partial charge is 0.355 e. The predicted molar refractivity (Wildman–Crippen MR) is 113 cm³/mol. The van der Waals surface area contributed by atoms with Gasteiger partial charge in [0.05, 0.1) is 17.1 Å². The van der Waals surface area contributed by atoms with E-state index >= 15 is 0 Å². The van der Waals surface area contributed by atoms with Crippen molar-refractivity contribution in [3.63, 3.8) is 0 Å². The van der Waals surface area contributed by atoms with Gasteiger partial charge in [-0.2, -0.15) is 5.10 Å². The molecule has 1 heterocycles. The number of rotatable bonds is 7. The van der Waals surface area contributed by atoms with E-state index in [1.807, 2.05) is 13.1 Å². The number of aryl methyl sites for hydroxylation is 1. The van der Waals surface area contributed by atoms with Gasteiger partial charge in [-0.25, -0.2) is 13.1 Å². The third-order valence-electron chi connectivity index (χ3n) is 3.40. The molecule has 1 aromatic heterocycles. The van der Waals surface area contributed by atoms with Crippen LogP contribution in [0.15, 0.2) is 46.4 Å². The lowest BCUT2D eigenvalue weighted by Gasteiger charge is -2.12. The molecule has 0 aliphatic heterocycles. The molecule has 2 aromatic rings. The number of guanidine groups is 1. The molecular formula is C15H22ClIN6O2S. The van der Waals surface area contributed by atoms with Crippen molar-refractivity contribution in [3.8, 4) is 0 Å². The van der Waals surface area contributed by atoms with E-state index in [-0.39, 0.29) is 35.4 Å². The van der Waals surface area contributed by atoms with Gasteiger partial charge in [-0.05, 0) is 24.3 Å². The van der Waals surface area contributed by atoms with Crippen LogP contribution in [-0.2, 0) is 23.6 Å². The van der Waals surface area contributed by atoms with Gasteiger partial charge < -0.3 is 10.6 Å². The van der Waals surface area contributed by atoms with Gasteiger partial charge in [0, 0.05) is 38.4 Å². The molecule has 0 aliphatic rings. The van der Waals surface area contributed by atoms with Gasteiger partial charge in [-0.1, -0.05) is 17.7 Å². The summed E-state index contributed by atoms with van der Waals surface area (Å²) < 4.78 is 28.6. The Morgan fingerprint density at radius 1 is 1.27 bits per heavy atom. The summed E-state index contributed by atoms with van der Waals surface area (Å²) in [6.07, 6.45) is 1.72. The minimum absolute atomic E-state index is 0. The Morgan fingerprint density at radius 2 is 2.04 bits per heavy atom. The summed E-state index contributed by atoms with van der Waals surface area (Å²) in [7, 11) is -0.0806. The highest BCUT2D eigenvalue weighted by Gasteiger charge is 2.13. The van der Waals surface area contributed by atoms with Crippen LogP contribution in [0.25, 0.3) is 0 Å². The molecule has 0 bridgehead atoms. The van der Waals surface area contributed by atoms with Crippen LogP contribution < -0.4 is 15.4 Å². The second kappa shape index (κ2) is 10.7. The number of aromatic nitrogens is 2. The Balaban J connectivity index is 0.00000338. The van der Waals surface area contributed by atoms with Crippen LogP contribution in [0.5, 0.6) is 0 Å². The number of aliphatic imine (C=N–C) groups is 1. The normalized spacial score (nSPS) is 11.7. The molecular weight excluding hydrogens is 491 g/mol. The van der Waals surface area contributed by atoms with Crippen LogP contribution >= 0.6 is 35.6 Å². The minimum Gasteiger partial charge on any atom is -0.355 e. The van der Waals surface area contributed by atoms with Gasteiger partial charge in [0.1, 0.15) is 0 Å². The summed E-state index contributed by atoms with van der Waals surface area (Å²) in [4.78, 5) is 4.23. The van der Waals surface area contributed by atoms with Crippen LogP contribution in [0.3, 0.4) is 0 Å². The molecule has 26 heavy (non-hydrogen) atoms. The maximum atomic E-state index is 12.2. The molecule has 0 spiro atoms. The lowest BCUT2D eigenvalue weighted by Crippen LogP contribution is -2.41. The first-order valence-electron chi connectivity index (χ1n) is 7.59.